The summed E-state index contributed by atoms with van der Waals surface area (Å²) in [6.45, 7) is 2.82. The second-order valence-electron chi connectivity index (χ2n) is 10.2. The van der Waals surface area contributed by atoms with Crippen LogP contribution in [0.2, 0.25) is 0 Å². The molecule has 0 radical (unpaired) electrons. The molecule has 1 atom stereocenters. The van der Waals surface area contributed by atoms with E-state index in [1.165, 1.54) is 10.8 Å². The zero-order valence-corrected chi connectivity index (χ0v) is 22.9. The van der Waals surface area contributed by atoms with Gasteiger partial charge in [-0.25, -0.2) is 0 Å². The number of likely N-dealkylation sites (tertiary alicyclic amines) is 1. The Kier molecular flexibility index (Phi) is 9.07. The maximum atomic E-state index is 13.6. The van der Waals surface area contributed by atoms with Crippen LogP contribution < -0.4 is 5.32 Å². The summed E-state index contributed by atoms with van der Waals surface area (Å²) in [4.78, 5) is 19.8. The Balaban J connectivity index is 1.49. The summed E-state index contributed by atoms with van der Waals surface area (Å²) < 4.78 is 55.0. The smallest absolute Gasteiger partial charge is 0.379 e. The molecule has 12 heteroatoms. The van der Waals surface area contributed by atoms with Crippen molar-refractivity contribution in [3.05, 3.63) is 47.9 Å². The number of amides is 1. The molecule has 4 bridgehead atoms. The van der Waals surface area contributed by atoms with Crippen molar-refractivity contribution in [1.82, 2.24) is 24.6 Å². The minimum absolute atomic E-state index is 0.0367. The summed E-state index contributed by atoms with van der Waals surface area (Å²) in [5.74, 6) is 5.43. The van der Waals surface area contributed by atoms with E-state index in [1.807, 2.05) is 6.07 Å². The summed E-state index contributed by atoms with van der Waals surface area (Å²) in [6, 6.07) is 6.86. The van der Waals surface area contributed by atoms with Crippen LogP contribution in [0.15, 0.2) is 41.7 Å². The number of carbonyl (C=O) groups excluding carboxylic acids is 1. The predicted molar refractivity (Wildman–Crippen MR) is 148 cm³/mol. The Labute approximate surface area is 236 Å². The molecular formula is C29H33F3N6O3. The van der Waals surface area contributed by atoms with E-state index in [1.54, 1.807) is 29.1 Å². The Morgan fingerprint density at radius 3 is 2.80 bits per heavy atom. The molecular weight excluding hydrogens is 537 g/mol. The van der Waals surface area contributed by atoms with E-state index in [0.717, 1.165) is 31.6 Å². The highest BCUT2D eigenvalue weighted by molar-refractivity contribution is 5.98. The third kappa shape index (κ3) is 7.55. The van der Waals surface area contributed by atoms with Gasteiger partial charge in [-0.3, -0.25) is 14.5 Å². The standard InChI is InChI=1S/C29H33F3N6O3/c1-36-10-7-25-21(18-36)8-12-40-14-15-41-13-11-37-19-22(17-34-37)28(39)33-9-3-4-23-16-24-26(35-25)5-2-6-27(24)38(23)20-29(30,31)32/h2,5-6,16-17,19,21H,7-15,18,20H2,1H3,(H,33,39). The van der Waals surface area contributed by atoms with Crippen molar-refractivity contribution in [2.24, 2.45) is 10.9 Å². The average Bonchev–Trinajstić information content (AvgIpc) is 3.54. The highest BCUT2D eigenvalue weighted by atomic mass is 19.4. The number of alkyl halides is 3. The highest BCUT2D eigenvalue weighted by Gasteiger charge is 2.30. The van der Waals surface area contributed by atoms with Crippen molar-refractivity contribution in [3.8, 4) is 11.8 Å². The Hall–Kier alpha value is -3.66. The molecule has 0 spiro atoms. The van der Waals surface area contributed by atoms with Gasteiger partial charge in [0.15, 0.2) is 0 Å². The Morgan fingerprint density at radius 2 is 1.98 bits per heavy atom. The molecule has 2 aliphatic heterocycles. The Bertz CT molecular complexity index is 1470. The fourth-order valence-electron chi connectivity index (χ4n) is 5.13. The molecule has 2 aliphatic rings. The quantitative estimate of drug-likeness (QED) is 0.452. The highest BCUT2D eigenvalue weighted by Crippen LogP contribution is 2.33. The number of nitrogens with zero attached hydrogens (tertiary/aromatic N) is 5. The van der Waals surface area contributed by atoms with E-state index < -0.39 is 12.7 Å². The minimum Gasteiger partial charge on any atom is -0.379 e. The van der Waals surface area contributed by atoms with Gasteiger partial charge in [0.25, 0.3) is 5.91 Å². The van der Waals surface area contributed by atoms with Gasteiger partial charge >= 0.3 is 6.18 Å². The fraction of sp³-hybridized carbons (Fsp3) is 0.483. The number of halogens is 3. The number of rotatable bonds is 1. The molecule has 9 nitrogen and oxygen atoms in total. The number of benzene rings is 1. The first kappa shape index (κ1) is 28.9. The zero-order chi connectivity index (χ0) is 28.8. The van der Waals surface area contributed by atoms with Gasteiger partial charge in [0.05, 0.1) is 61.6 Å². The molecule has 2 aromatic heterocycles. The fourth-order valence-corrected chi connectivity index (χ4v) is 5.13. The number of aromatic nitrogens is 3. The third-order valence-electron chi connectivity index (χ3n) is 7.17. The van der Waals surface area contributed by atoms with Crippen LogP contribution in [0.5, 0.6) is 0 Å². The molecule has 0 saturated carbocycles. The molecule has 1 amide bonds. The van der Waals surface area contributed by atoms with Gasteiger partial charge in [0, 0.05) is 42.9 Å². The molecule has 4 heterocycles. The summed E-state index contributed by atoms with van der Waals surface area (Å²) in [5.41, 5.74) is 2.61. The number of hydrogen-bond donors (Lipinski definition) is 1. The largest absolute Gasteiger partial charge is 0.406 e. The van der Waals surface area contributed by atoms with E-state index in [9.17, 15) is 18.0 Å². The van der Waals surface area contributed by atoms with Crippen molar-refractivity contribution in [3.63, 3.8) is 0 Å². The molecule has 1 N–H and O–H groups in total. The number of nitrogens with one attached hydrogen (secondary N) is 1. The SMILES string of the molecule is CN1CCC2=Nc3cccc4c3cc(n4CC(F)(F)F)C#CCNC(=O)c3cnn(c3)CCOCCOCCC2C1. The van der Waals surface area contributed by atoms with Gasteiger partial charge in [0.1, 0.15) is 6.54 Å². The second-order valence-corrected chi connectivity index (χ2v) is 10.2. The molecule has 1 aromatic carbocycles. The van der Waals surface area contributed by atoms with Crippen molar-refractivity contribution < 1.29 is 27.4 Å². The predicted octanol–water partition coefficient (Wildman–Crippen LogP) is 3.64. The van der Waals surface area contributed by atoms with Gasteiger partial charge < -0.3 is 24.3 Å². The first-order valence-electron chi connectivity index (χ1n) is 13.7. The van der Waals surface area contributed by atoms with Crippen LogP contribution >= 0.6 is 0 Å². The van der Waals surface area contributed by atoms with Crippen LogP contribution in [0.25, 0.3) is 10.9 Å². The summed E-state index contributed by atoms with van der Waals surface area (Å²) >= 11 is 0. The number of ether oxygens (including phenoxy) is 2. The molecule has 5 rings (SSSR count). The van der Waals surface area contributed by atoms with Crippen LogP contribution in [-0.2, 0) is 22.6 Å². The van der Waals surface area contributed by atoms with Crippen LogP contribution in [0.3, 0.4) is 0 Å². The first-order chi connectivity index (χ1) is 19.8. The van der Waals surface area contributed by atoms with Crippen LogP contribution in [0.4, 0.5) is 18.9 Å². The van der Waals surface area contributed by atoms with Crippen LogP contribution in [-0.4, -0.2) is 90.2 Å². The average molecular weight is 571 g/mol. The first-order valence-corrected chi connectivity index (χ1v) is 13.7. The van der Waals surface area contributed by atoms with Crippen LogP contribution in [0, 0.1) is 17.8 Å². The van der Waals surface area contributed by atoms with E-state index in [2.05, 4.69) is 34.2 Å². The van der Waals surface area contributed by atoms with Gasteiger partial charge in [-0.2, -0.15) is 18.3 Å². The lowest BCUT2D eigenvalue weighted by Gasteiger charge is -2.31. The lowest BCUT2D eigenvalue weighted by atomic mass is 9.92. The van der Waals surface area contributed by atoms with Gasteiger partial charge in [0.2, 0.25) is 0 Å². The van der Waals surface area contributed by atoms with Crippen LogP contribution in [0.1, 0.15) is 28.9 Å². The van der Waals surface area contributed by atoms with Crippen molar-refractivity contribution in [1.29, 1.82) is 0 Å². The van der Waals surface area contributed by atoms with Gasteiger partial charge in [-0.05, 0) is 44.0 Å². The molecule has 1 fully saturated rings. The molecule has 3 aromatic rings. The lowest BCUT2D eigenvalue weighted by molar-refractivity contribution is -0.140. The molecule has 218 valence electrons. The number of piperidine rings is 1. The van der Waals surface area contributed by atoms with Gasteiger partial charge in [-0.15, -0.1) is 0 Å². The van der Waals surface area contributed by atoms with E-state index in [0.29, 0.717) is 55.1 Å². The Morgan fingerprint density at radius 1 is 1.15 bits per heavy atom. The monoisotopic (exact) mass is 570 g/mol. The topological polar surface area (TPSA) is 85.9 Å². The number of aliphatic imine (C=N–C) groups is 1. The van der Waals surface area contributed by atoms with Crippen molar-refractivity contribution >= 4 is 28.2 Å². The number of fused-ring (bicyclic) bond motifs is 4. The number of hydrogen-bond acceptors (Lipinski definition) is 6. The summed E-state index contributed by atoms with van der Waals surface area (Å²) in [7, 11) is 2.07. The maximum Gasteiger partial charge on any atom is 0.406 e. The summed E-state index contributed by atoms with van der Waals surface area (Å²) in [5, 5.41) is 7.47. The van der Waals surface area contributed by atoms with E-state index in [-0.39, 0.29) is 24.1 Å². The molecule has 41 heavy (non-hydrogen) atoms. The zero-order valence-electron chi connectivity index (χ0n) is 22.9. The molecule has 1 saturated heterocycles. The molecule has 0 aliphatic carbocycles. The van der Waals surface area contributed by atoms with E-state index >= 15 is 0 Å². The minimum atomic E-state index is -4.44. The summed E-state index contributed by atoms with van der Waals surface area (Å²) in [6.07, 6.45) is 0.169. The van der Waals surface area contributed by atoms with Gasteiger partial charge in [-0.1, -0.05) is 12.0 Å². The second kappa shape index (κ2) is 12.9. The van der Waals surface area contributed by atoms with Crippen molar-refractivity contribution in [2.75, 3.05) is 53.1 Å². The van der Waals surface area contributed by atoms with Crippen molar-refractivity contribution in [2.45, 2.75) is 32.1 Å². The number of carbonyl (C=O) groups is 1. The molecule has 1 unspecified atom stereocenters. The lowest BCUT2D eigenvalue weighted by Crippen LogP contribution is -2.39. The maximum absolute atomic E-state index is 13.6. The normalized spacial score (nSPS) is 20.1. The third-order valence-corrected chi connectivity index (χ3v) is 7.17. The van der Waals surface area contributed by atoms with E-state index in [4.69, 9.17) is 14.5 Å².